The van der Waals surface area contributed by atoms with Gasteiger partial charge in [0, 0.05) is 39.4 Å². The molecule has 8 heteroatoms. The lowest BCUT2D eigenvalue weighted by atomic mass is 9.96. The van der Waals surface area contributed by atoms with Gasteiger partial charge in [-0.25, -0.2) is 17.1 Å². The summed E-state index contributed by atoms with van der Waals surface area (Å²) >= 11 is 0. The Hall–Kier alpha value is -2.29. The maximum Gasteiger partial charge on any atom is 0.242 e. The molecular formula is C23H28FN3O3S. The van der Waals surface area contributed by atoms with Crippen LogP contribution in [-0.4, -0.2) is 57.3 Å². The third kappa shape index (κ3) is 4.51. The number of carbonyl (C=O) groups excluding carboxylic acids is 1. The van der Waals surface area contributed by atoms with Crippen molar-refractivity contribution in [2.75, 3.05) is 38.6 Å². The third-order valence-corrected chi connectivity index (χ3v) is 7.98. The van der Waals surface area contributed by atoms with Crippen LogP contribution in [0.2, 0.25) is 0 Å². The molecule has 0 N–H and O–H groups in total. The fourth-order valence-corrected chi connectivity index (χ4v) is 5.40. The second-order valence-electron chi connectivity index (χ2n) is 8.52. The molecule has 0 unspecified atom stereocenters. The SMILES string of the molecule is CN(C)S(=O)(=O)c1ccc2c(c1)CCN2C(=O)[C@H]1CCCN(Cc2ccc(F)cc2)C1. The number of hydrogen-bond donors (Lipinski definition) is 0. The maximum atomic E-state index is 13.3. The molecule has 166 valence electrons. The van der Waals surface area contributed by atoms with Crippen molar-refractivity contribution in [3.8, 4) is 0 Å². The number of sulfonamides is 1. The molecule has 2 aliphatic heterocycles. The van der Waals surface area contributed by atoms with Crippen molar-refractivity contribution in [1.82, 2.24) is 9.21 Å². The molecular weight excluding hydrogens is 417 g/mol. The summed E-state index contributed by atoms with van der Waals surface area (Å²) in [6.45, 7) is 2.87. The number of amides is 1. The molecule has 2 heterocycles. The smallest absolute Gasteiger partial charge is 0.242 e. The summed E-state index contributed by atoms with van der Waals surface area (Å²) < 4.78 is 39.2. The summed E-state index contributed by atoms with van der Waals surface area (Å²) in [5.74, 6) is -0.235. The van der Waals surface area contributed by atoms with Crippen LogP contribution in [0.15, 0.2) is 47.4 Å². The van der Waals surface area contributed by atoms with Gasteiger partial charge in [0.25, 0.3) is 0 Å². The first kappa shape index (κ1) is 21.9. The number of nitrogens with zero attached hydrogens (tertiary/aromatic N) is 3. The molecule has 2 aliphatic rings. The molecule has 31 heavy (non-hydrogen) atoms. The van der Waals surface area contributed by atoms with E-state index in [1.165, 1.54) is 30.5 Å². The number of rotatable bonds is 5. The fourth-order valence-electron chi connectivity index (χ4n) is 4.45. The van der Waals surface area contributed by atoms with E-state index < -0.39 is 10.0 Å². The van der Waals surface area contributed by atoms with E-state index in [1.54, 1.807) is 30.3 Å². The number of likely N-dealkylation sites (tertiary alicyclic amines) is 1. The van der Waals surface area contributed by atoms with Gasteiger partial charge in [0.05, 0.1) is 10.8 Å². The highest BCUT2D eigenvalue weighted by molar-refractivity contribution is 7.89. The molecule has 1 amide bonds. The first-order chi connectivity index (χ1) is 14.8. The van der Waals surface area contributed by atoms with Crippen LogP contribution in [-0.2, 0) is 27.8 Å². The highest BCUT2D eigenvalue weighted by atomic mass is 32.2. The lowest BCUT2D eigenvalue weighted by Gasteiger charge is -2.34. The van der Waals surface area contributed by atoms with Crippen LogP contribution in [0.1, 0.15) is 24.0 Å². The molecule has 2 aromatic rings. The fraction of sp³-hybridized carbons (Fsp3) is 0.435. The van der Waals surface area contributed by atoms with Crippen molar-refractivity contribution in [2.24, 2.45) is 5.92 Å². The Morgan fingerprint density at radius 2 is 1.87 bits per heavy atom. The van der Waals surface area contributed by atoms with Crippen LogP contribution in [0, 0.1) is 11.7 Å². The molecule has 1 saturated heterocycles. The van der Waals surface area contributed by atoms with E-state index in [2.05, 4.69) is 4.90 Å². The molecule has 0 saturated carbocycles. The summed E-state index contributed by atoms with van der Waals surface area (Å²) in [5, 5.41) is 0. The molecule has 6 nitrogen and oxygen atoms in total. The Bertz CT molecular complexity index is 1070. The van der Waals surface area contributed by atoms with Crippen molar-refractivity contribution in [3.05, 3.63) is 59.4 Å². The standard InChI is InChI=1S/C23H28FN3O3S/c1-25(2)31(29,30)21-9-10-22-18(14-21)11-13-27(22)23(28)19-4-3-12-26(16-19)15-17-5-7-20(24)8-6-17/h5-10,14,19H,3-4,11-13,15-16H2,1-2H3/t19-/m0/s1. The quantitative estimate of drug-likeness (QED) is 0.710. The molecule has 0 aromatic heterocycles. The van der Waals surface area contributed by atoms with E-state index in [1.807, 2.05) is 4.90 Å². The predicted molar refractivity (Wildman–Crippen MR) is 118 cm³/mol. The van der Waals surface area contributed by atoms with Crippen molar-refractivity contribution in [3.63, 3.8) is 0 Å². The Morgan fingerprint density at radius 1 is 1.13 bits per heavy atom. The molecule has 0 spiro atoms. The molecule has 2 aromatic carbocycles. The predicted octanol–water partition coefficient (Wildman–Crippen LogP) is 2.88. The number of benzene rings is 2. The second-order valence-corrected chi connectivity index (χ2v) is 10.7. The van der Waals surface area contributed by atoms with E-state index in [9.17, 15) is 17.6 Å². The van der Waals surface area contributed by atoms with Gasteiger partial charge in [-0.2, -0.15) is 0 Å². The lowest BCUT2D eigenvalue weighted by molar-refractivity contribution is -0.124. The average molecular weight is 446 g/mol. The minimum absolute atomic E-state index is 0.0923. The van der Waals surface area contributed by atoms with Crippen LogP contribution < -0.4 is 4.90 Å². The highest BCUT2D eigenvalue weighted by Gasteiger charge is 2.33. The summed E-state index contributed by atoms with van der Waals surface area (Å²) in [6, 6.07) is 11.5. The minimum Gasteiger partial charge on any atom is -0.312 e. The second kappa shape index (κ2) is 8.68. The zero-order chi connectivity index (χ0) is 22.2. The van der Waals surface area contributed by atoms with Crippen molar-refractivity contribution < 1.29 is 17.6 Å². The monoisotopic (exact) mass is 445 g/mol. The van der Waals surface area contributed by atoms with Crippen LogP contribution >= 0.6 is 0 Å². The van der Waals surface area contributed by atoms with Crippen LogP contribution in [0.5, 0.6) is 0 Å². The van der Waals surface area contributed by atoms with E-state index in [4.69, 9.17) is 0 Å². The molecule has 1 atom stereocenters. The molecule has 0 bridgehead atoms. The van der Waals surface area contributed by atoms with Crippen molar-refractivity contribution in [1.29, 1.82) is 0 Å². The van der Waals surface area contributed by atoms with E-state index >= 15 is 0 Å². The van der Waals surface area contributed by atoms with Gasteiger partial charge in [-0.15, -0.1) is 0 Å². The Morgan fingerprint density at radius 3 is 2.58 bits per heavy atom. The van der Waals surface area contributed by atoms with Gasteiger partial charge in [-0.05, 0) is 67.3 Å². The Balaban J connectivity index is 1.46. The Labute approximate surface area is 183 Å². The van der Waals surface area contributed by atoms with Gasteiger partial charge in [0.2, 0.25) is 15.9 Å². The number of hydrogen-bond acceptors (Lipinski definition) is 4. The van der Waals surface area contributed by atoms with Gasteiger partial charge < -0.3 is 4.90 Å². The van der Waals surface area contributed by atoms with E-state index in [0.29, 0.717) is 26.1 Å². The first-order valence-electron chi connectivity index (χ1n) is 10.6. The van der Waals surface area contributed by atoms with Crippen molar-refractivity contribution >= 4 is 21.6 Å². The van der Waals surface area contributed by atoms with Gasteiger partial charge in [-0.1, -0.05) is 12.1 Å². The third-order valence-electron chi connectivity index (χ3n) is 6.17. The number of carbonyl (C=O) groups is 1. The van der Waals surface area contributed by atoms with Crippen molar-refractivity contribution in [2.45, 2.75) is 30.7 Å². The topological polar surface area (TPSA) is 60.9 Å². The zero-order valence-electron chi connectivity index (χ0n) is 17.9. The highest BCUT2D eigenvalue weighted by Crippen LogP contribution is 2.33. The number of halogens is 1. The van der Waals surface area contributed by atoms with E-state index in [0.717, 1.165) is 36.2 Å². The number of piperidine rings is 1. The zero-order valence-corrected chi connectivity index (χ0v) is 18.7. The normalized spacial score (nSPS) is 19.6. The Kier molecular flexibility index (Phi) is 6.14. The van der Waals surface area contributed by atoms with Gasteiger partial charge in [-0.3, -0.25) is 9.69 Å². The molecule has 0 radical (unpaired) electrons. The van der Waals surface area contributed by atoms with E-state index in [-0.39, 0.29) is 22.5 Å². The van der Waals surface area contributed by atoms with Gasteiger partial charge >= 0.3 is 0 Å². The summed E-state index contributed by atoms with van der Waals surface area (Å²) in [5.41, 5.74) is 2.75. The largest absolute Gasteiger partial charge is 0.312 e. The van der Waals surface area contributed by atoms with Crippen LogP contribution in [0.4, 0.5) is 10.1 Å². The number of anilines is 1. The summed E-state index contributed by atoms with van der Waals surface area (Å²) in [6.07, 6.45) is 2.44. The molecule has 4 rings (SSSR count). The summed E-state index contributed by atoms with van der Waals surface area (Å²) in [7, 11) is -0.471. The van der Waals surface area contributed by atoms with Crippen LogP contribution in [0.3, 0.4) is 0 Å². The van der Waals surface area contributed by atoms with Gasteiger partial charge in [0.1, 0.15) is 5.82 Å². The maximum absolute atomic E-state index is 13.3. The molecule has 1 fully saturated rings. The van der Waals surface area contributed by atoms with Gasteiger partial charge in [0.15, 0.2) is 0 Å². The summed E-state index contributed by atoms with van der Waals surface area (Å²) in [4.78, 5) is 17.6. The average Bonchev–Trinajstić information content (AvgIpc) is 3.18. The first-order valence-corrected chi connectivity index (χ1v) is 12.0. The lowest BCUT2D eigenvalue weighted by Crippen LogP contribution is -2.44. The van der Waals surface area contributed by atoms with Crippen LogP contribution in [0.25, 0.3) is 0 Å². The number of fused-ring (bicyclic) bond motifs is 1. The minimum atomic E-state index is -3.50. The molecule has 0 aliphatic carbocycles.